The summed E-state index contributed by atoms with van der Waals surface area (Å²) >= 11 is 0. The van der Waals surface area contributed by atoms with Crippen LogP contribution in [0.4, 0.5) is 5.82 Å². The fourth-order valence-corrected chi connectivity index (χ4v) is 5.55. The van der Waals surface area contributed by atoms with Crippen molar-refractivity contribution >= 4 is 17.4 Å². The average Bonchev–Trinajstić information content (AvgIpc) is 3.37. The Hall–Kier alpha value is -3.53. The van der Waals surface area contributed by atoms with Crippen LogP contribution in [-0.2, 0) is 43.4 Å². The minimum atomic E-state index is -0.975. The number of anilines is 1. The predicted octanol–water partition coefficient (Wildman–Crippen LogP) is 6.46. The van der Waals surface area contributed by atoms with Crippen molar-refractivity contribution in [2.45, 2.75) is 91.3 Å². The molecule has 0 aliphatic carbocycles. The van der Waals surface area contributed by atoms with Crippen LogP contribution in [0.2, 0.25) is 0 Å². The highest BCUT2D eigenvalue weighted by molar-refractivity contribution is 5.80. The first-order chi connectivity index (χ1) is 21.0. The van der Waals surface area contributed by atoms with Gasteiger partial charge in [0.15, 0.2) is 11.8 Å². The van der Waals surface area contributed by atoms with E-state index < -0.39 is 17.7 Å². The summed E-state index contributed by atoms with van der Waals surface area (Å²) in [6, 6.07) is 10.2. The Labute approximate surface area is 261 Å². The lowest BCUT2D eigenvalue weighted by molar-refractivity contribution is -0.166. The second kappa shape index (κ2) is 14.5. The Morgan fingerprint density at radius 1 is 1.11 bits per heavy atom. The monoisotopic (exact) mass is 604 g/mol. The van der Waals surface area contributed by atoms with E-state index in [0.717, 1.165) is 36.3 Å². The number of piperidine rings is 1. The molecular weight excluding hydrogens is 556 g/mol. The molecule has 4 rings (SSSR count). The smallest absolute Gasteiger partial charge is 0.340 e. The first-order valence-corrected chi connectivity index (χ1v) is 15.5. The molecule has 2 aromatic heterocycles. The molecule has 238 valence electrons. The van der Waals surface area contributed by atoms with Gasteiger partial charge < -0.3 is 23.8 Å². The normalized spacial score (nSPS) is 15.7. The summed E-state index contributed by atoms with van der Waals surface area (Å²) < 4.78 is 26.0. The van der Waals surface area contributed by atoms with E-state index in [1.807, 2.05) is 56.5 Å². The van der Waals surface area contributed by atoms with Crippen LogP contribution in [0.15, 0.2) is 55.6 Å². The zero-order chi connectivity index (χ0) is 31.9. The number of ether oxygens (including phenoxy) is 4. The van der Waals surface area contributed by atoms with Gasteiger partial charge in [0.25, 0.3) is 0 Å². The number of rotatable bonds is 14. The summed E-state index contributed by atoms with van der Waals surface area (Å²) in [6.07, 6.45) is 5.09. The van der Waals surface area contributed by atoms with Crippen molar-refractivity contribution in [1.82, 2.24) is 14.6 Å². The number of hydrogen-bond donors (Lipinski definition) is 0. The molecule has 3 heterocycles. The van der Waals surface area contributed by atoms with E-state index >= 15 is 0 Å². The van der Waals surface area contributed by atoms with Crippen LogP contribution in [0.25, 0.3) is 5.65 Å². The zero-order valence-electron chi connectivity index (χ0n) is 27.2. The summed E-state index contributed by atoms with van der Waals surface area (Å²) in [4.78, 5) is 20.6. The highest BCUT2D eigenvalue weighted by Gasteiger charge is 2.38. The molecule has 0 saturated carbocycles. The van der Waals surface area contributed by atoms with Crippen LogP contribution in [0.3, 0.4) is 0 Å². The number of carbonyl (C=O) groups excluding carboxylic acids is 1. The maximum atomic E-state index is 13.4. The number of fused-ring (bicyclic) bond motifs is 1. The first-order valence-electron chi connectivity index (χ1n) is 15.5. The summed E-state index contributed by atoms with van der Waals surface area (Å²) in [5.74, 6) is 0.334. The maximum Gasteiger partial charge on any atom is 0.340 e. The number of aromatic nitrogens is 3. The van der Waals surface area contributed by atoms with Gasteiger partial charge >= 0.3 is 5.97 Å². The standard InChI is InChI=1S/C35H48N4O5/c1-9-14-26-15-12-13-16-27(26)23-41-24-28-22-29-36-25(4)30(31(33(40)42-11-3)44-34(5,6)7)32(39(29)37-28)38-19-17-35(8,18-20-38)43-21-10-2/h9-10,12-13,15-16,22,31H,1-2,11,14,17-21,23-24H2,3-8H3. The van der Waals surface area contributed by atoms with E-state index in [1.54, 1.807) is 13.0 Å². The molecule has 1 atom stereocenters. The predicted molar refractivity (Wildman–Crippen MR) is 173 cm³/mol. The fraction of sp³-hybridized carbons (Fsp3) is 0.514. The summed E-state index contributed by atoms with van der Waals surface area (Å²) in [7, 11) is 0. The van der Waals surface area contributed by atoms with Crippen LogP contribution in [0.5, 0.6) is 0 Å². The van der Waals surface area contributed by atoms with Gasteiger partial charge in [-0.2, -0.15) is 9.61 Å². The third-order valence-corrected chi connectivity index (χ3v) is 7.75. The van der Waals surface area contributed by atoms with E-state index in [1.165, 1.54) is 5.56 Å². The van der Waals surface area contributed by atoms with Gasteiger partial charge in [0.05, 0.1) is 48.9 Å². The zero-order valence-corrected chi connectivity index (χ0v) is 27.2. The lowest BCUT2D eigenvalue weighted by Crippen LogP contribution is -2.45. The third-order valence-electron chi connectivity index (χ3n) is 7.75. The molecule has 3 aromatic rings. The number of esters is 1. The first kappa shape index (κ1) is 33.4. The van der Waals surface area contributed by atoms with Crippen LogP contribution in [-0.4, -0.2) is 58.1 Å². The average molecular weight is 605 g/mol. The Bertz CT molecular complexity index is 1450. The topological polar surface area (TPSA) is 87.4 Å². The van der Waals surface area contributed by atoms with Crippen LogP contribution in [0.1, 0.15) is 81.6 Å². The minimum absolute atomic E-state index is 0.245. The Morgan fingerprint density at radius 3 is 2.45 bits per heavy atom. The largest absolute Gasteiger partial charge is 0.464 e. The molecule has 9 nitrogen and oxygen atoms in total. The van der Waals surface area contributed by atoms with Crippen molar-refractivity contribution < 1.29 is 23.7 Å². The van der Waals surface area contributed by atoms with Crippen molar-refractivity contribution in [2.24, 2.45) is 0 Å². The van der Waals surface area contributed by atoms with Crippen LogP contribution in [0, 0.1) is 6.92 Å². The molecular formula is C35H48N4O5. The van der Waals surface area contributed by atoms with E-state index in [4.69, 9.17) is 29.0 Å². The van der Waals surface area contributed by atoms with Crippen molar-refractivity contribution in [2.75, 3.05) is 31.2 Å². The van der Waals surface area contributed by atoms with E-state index in [9.17, 15) is 4.79 Å². The lowest BCUT2D eigenvalue weighted by Gasteiger charge is -2.41. The molecule has 1 fully saturated rings. The van der Waals surface area contributed by atoms with Gasteiger partial charge in [-0.05, 0) is 71.9 Å². The van der Waals surface area contributed by atoms with Crippen LogP contribution < -0.4 is 4.90 Å². The number of benzene rings is 1. The van der Waals surface area contributed by atoms with Gasteiger partial charge in [-0.15, -0.1) is 13.2 Å². The second-order valence-electron chi connectivity index (χ2n) is 12.5. The summed E-state index contributed by atoms with van der Waals surface area (Å²) in [5, 5.41) is 4.97. The molecule has 0 radical (unpaired) electrons. The van der Waals surface area contributed by atoms with Gasteiger partial charge in [0.2, 0.25) is 0 Å². The number of nitrogens with zero attached hydrogens (tertiary/aromatic N) is 4. The number of allylic oxidation sites excluding steroid dienone is 1. The highest BCUT2D eigenvalue weighted by Crippen LogP contribution is 2.38. The number of carbonyl (C=O) groups is 1. The molecule has 1 aliphatic heterocycles. The molecule has 1 saturated heterocycles. The molecule has 0 amide bonds. The molecule has 44 heavy (non-hydrogen) atoms. The molecule has 1 aromatic carbocycles. The van der Waals surface area contributed by atoms with E-state index in [-0.39, 0.29) is 12.2 Å². The van der Waals surface area contributed by atoms with Gasteiger partial charge in [-0.1, -0.05) is 36.4 Å². The van der Waals surface area contributed by atoms with Crippen LogP contribution >= 0.6 is 0 Å². The lowest BCUT2D eigenvalue weighted by atomic mass is 9.92. The Balaban J connectivity index is 1.73. The molecule has 1 unspecified atom stereocenters. The van der Waals surface area contributed by atoms with E-state index in [2.05, 4.69) is 37.1 Å². The highest BCUT2D eigenvalue weighted by atomic mass is 16.6. The van der Waals surface area contributed by atoms with Crippen molar-refractivity contribution in [1.29, 1.82) is 0 Å². The maximum absolute atomic E-state index is 13.4. The fourth-order valence-electron chi connectivity index (χ4n) is 5.55. The second-order valence-corrected chi connectivity index (χ2v) is 12.5. The van der Waals surface area contributed by atoms with Gasteiger partial charge in [0, 0.05) is 24.8 Å². The SMILES string of the molecule is C=CCOC1(C)CCN(c2c(C(OC(C)(C)C)C(=O)OCC)c(C)nc3cc(COCc4ccccc4CC=C)nn23)CC1. The number of aryl methyl sites for hydroxylation is 1. The van der Waals surface area contributed by atoms with Gasteiger partial charge in [-0.3, -0.25) is 0 Å². The minimum Gasteiger partial charge on any atom is -0.464 e. The van der Waals surface area contributed by atoms with Gasteiger partial charge in [-0.25, -0.2) is 9.78 Å². The van der Waals surface area contributed by atoms with Crippen molar-refractivity contribution in [3.05, 3.63) is 83.7 Å². The molecule has 1 aliphatic rings. The molecule has 0 N–H and O–H groups in total. The van der Waals surface area contributed by atoms with Crippen molar-refractivity contribution in [3.8, 4) is 0 Å². The number of hydrogen-bond acceptors (Lipinski definition) is 8. The Morgan fingerprint density at radius 2 is 1.82 bits per heavy atom. The summed E-state index contributed by atoms with van der Waals surface area (Å²) in [5.41, 5.74) is 4.23. The molecule has 9 heteroatoms. The summed E-state index contributed by atoms with van der Waals surface area (Å²) in [6.45, 7) is 22.2. The third kappa shape index (κ3) is 8.14. The Kier molecular flexibility index (Phi) is 11.0. The molecule has 0 bridgehead atoms. The quantitative estimate of drug-likeness (QED) is 0.153. The van der Waals surface area contributed by atoms with Crippen molar-refractivity contribution in [3.63, 3.8) is 0 Å². The van der Waals surface area contributed by atoms with Gasteiger partial charge in [0.1, 0.15) is 5.82 Å². The van der Waals surface area contributed by atoms with E-state index in [0.29, 0.717) is 49.8 Å². The molecule has 0 spiro atoms.